The van der Waals surface area contributed by atoms with Crippen molar-refractivity contribution in [3.63, 3.8) is 0 Å². The first-order valence-corrected chi connectivity index (χ1v) is 7.39. The fourth-order valence-corrected chi connectivity index (χ4v) is 1.90. The normalized spacial score (nSPS) is 12.0. The fraction of sp³-hybridized carbons (Fsp3) is 0.562. The van der Waals surface area contributed by atoms with Crippen LogP contribution >= 0.6 is 0 Å². The van der Waals surface area contributed by atoms with Crippen LogP contribution in [0.25, 0.3) is 0 Å². The molecule has 4 heteroatoms. The van der Waals surface area contributed by atoms with E-state index in [1.165, 1.54) is 5.56 Å². The summed E-state index contributed by atoms with van der Waals surface area (Å²) in [5.74, 6) is 0.899. The molecule has 0 aliphatic heterocycles. The molecule has 20 heavy (non-hydrogen) atoms. The van der Waals surface area contributed by atoms with Crippen molar-refractivity contribution in [2.45, 2.75) is 33.4 Å². The number of rotatable bonds is 7. The summed E-state index contributed by atoms with van der Waals surface area (Å²) in [5, 5.41) is 6.58. The van der Waals surface area contributed by atoms with Gasteiger partial charge in [-0.05, 0) is 33.4 Å². The Kier molecular flexibility index (Phi) is 7.73. The van der Waals surface area contributed by atoms with Crippen LogP contribution < -0.4 is 10.6 Å². The Morgan fingerprint density at radius 2 is 1.95 bits per heavy atom. The highest BCUT2D eigenvalue weighted by atomic mass is 15.2. The fourth-order valence-electron chi connectivity index (χ4n) is 1.90. The summed E-state index contributed by atoms with van der Waals surface area (Å²) in [6.07, 6.45) is 0. The molecule has 1 rings (SSSR count). The Hall–Kier alpha value is -1.55. The summed E-state index contributed by atoms with van der Waals surface area (Å²) < 4.78 is 0. The highest BCUT2D eigenvalue weighted by Gasteiger charge is 2.01. The first-order chi connectivity index (χ1) is 9.61. The molecule has 0 saturated carbocycles. The van der Waals surface area contributed by atoms with Crippen LogP contribution in [-0.2, 0) is 6.54 Å². The lowest BCUT2D eigenvalue weighted by Crippen LogP contribution is -2.41. The Morgan fingerprint density at radius 1 is 1.25 bits per heavy atom. The van der Waals surface area contributed by atoms with Gasteiger partial charge >= 0.3 is 0 Å². The van der Waals surface area contributed by atoms with Crippen LogP contribution in [0.2, 0.25) is 0 Å². The van der Waals surface area contributed by atoms with Gasteiger partial charge in [0.1, 0.15) is 0 Å². The van der Waals surface area contributed by atoms with Gasteiger partial charge in [-0.1, -0.05) is 30.3 Å². The Balaban J connectivity index is 2.36. The molecule has 0 fully saturated rings. The highest BCUT2D eigenvalue weighted by molar-refractivity contribution is 5.79. The molecule has 4 nitrogen and oxygen atoms in total. The summed E-state index contributed by atoms with van der Waals surface area (Å²) in [6.45, 7) is 9.92. The van der Waals surface area contributed by atoms with E-state index in [-0.39, 0.29) is 0 Å². The van der Waals surface area contributed by atoms with Gasteiger partial charge in [-0.3, -0.25) is 4.99 Å². The van der Waals surface area contributed by atoms with E-state index in [2.05, 4.69) is 72.6 Å². The van der Waals surface area contributed by atoms with E-state index in [4.69, 9.17) is 0 Å². The zero-order valence-corrected chi connectivity index (χ0v) is 13.2. The van der Waals surface area contributed by atoms with Crippen molar-refractivity contribution in [1.29, 1.82) is 0 Å². The van der Waals surface area contributed by atoms with Crippen molar-refractivity contribution in [2.24, 2.45) is 4.99 Å². The van der Waals surface area contributed by atoms with Crippen LogP contribution in [0.1, 0.15) is 26.3 Å². The van der Waals surface area contributed by atoms with Crippen LogP contribution in [0, 0.1) is 0 Å². The maximum absolute atomic E-state index is 4.59. The number of likely N-dealkylation sites (N-methyl/N-ethyl adjacent to an activating group) is 1. The molecule has 0 aliphatic rings. The maximum Gasteiger partial charge on any atom is 0.191 e. The van der Waals surface area contributed by atoms with Gasteiger partial charge < -0.3 is 15.5 Å². The lowest BCUT2D eigenvalue weighted by Gasteiger charge is -2.17. The van der Waals surface area contributed by atoms with E-state index < -0.39 is 0 Å². The smallest absolute Gasteiger partial charge is 0.191 e. The molecule has 0 aliphatic carbocycles. The molecule has 2 N–H and O–H groups in total. The van der Waals surface area contributed by atoms with Gasteiger partial charge in [-0.2, -0.15) is 0 Å². The number of nitrogens with zero attached hydrogens (tertiary/aromatic N) is 2. The summed E-state index contributed by atoms with van der Waals surface area (Å²) in [4.78, 5) is 6.88. The standard InChI is InChI=1S/C16H28N4/c1-5-17-16(19-14(2)3)18-11-12-20(4)13-15-9-7-6-8-10-15/h6-10,14H,5,11-13H2,1-4H3,(H2,17,18,19). The van der Waals surface area contributed by atoms with Crippen LogP contribution in [0.4, 0.5) is 0 Å². The molecule has 0 amide bonds. The molecule has 0 aromatic heterocycles. The molecular formula is C16H28N4. The molecule has 0 unspecified atom stereocenters. The lowest BCUT2D eigenvalue weighted by molar-refractivity contribution is 0.336. The average molecular weight is 276 g/mol. The summed E-state index contributed by atoms with van der Waals surface area (Å²) in [6, 6.07) is 10.9. The third kappa shape index (κ3) is 7.14. The zero-order chi connectivity index (χ0) is 14.8. The van der Waals surface area contributed by atoms with Crippen molar-refractivity contribution in [3.8, 4) is 0 Å². The van der Waals surface area contributed by atoms with Gasteiger partial charge in [0.15, 0.2) is 5.96 Å². The molecule has 112 valence electrons. The van der Waals surface area contributed by atoms with Crippen LogP contribution in [-0.4, -0.2) is 43.6 Å². The molecule has 0 bridgehead atoms. The number of hydrogen-bond donors (Lipinski definition) is 2. The minimum atomic E-state index is 0.398. The van der Waals surface area contributed by atoms with Gasteiger partial charge in [0.05, 0.1) is 6.54 Å². The van der Waals surface area contributed by atoms with Gasteiger partial charge in [0, 0.05) is 25.7 Å². The maximum atomic E-state index is 4.59. The largest absolute Gasteiger partial charge is 0.357 e. The minimum absolute atomic E-state index is 0.398. The monoisotopic (exact) mass is 276 g/mol. The predicted molar refractivity (Wildman–Crippen MR) is 87.0 cm³/mol. The van der Waals surface area contributed by atoms with Gasteiger partial charge in [-0.25, -0.2) is 0 Å². The zero-order valence-electron chi connectivity index (χ0n) is 13.2. The topological polar surface area (TPSA) is 39.7 Å². The summed E-state index contributed by atoms with van der Waals surface area (Å²) in [5.41, 5.74) is 1.34. The van der Waals surface area contributed by atoms with E-state index in [1.807, 2.05) is 6.07 Å². The molecule has 0 spiro atoms. The number of nitrogens with one attached hydrogen (secondary N) is 2. The van der Waals surface area contributed by atoms with E-state index in [0.717, 1.165) is 32.1 Å². The van der Waals surface area contributed by atoms with E-state index in [0.29, 0.717) is 6.04 Å². The van der Waals surface area contributed by atoms with E-state index in [9.17, 15) is 0 Å². The SMILES string of the molecule is CCNC(=NCCN(C)Cc1ccccc1)NC(C)C. The minimum Gasteiger partial charge on any atom is -0.357 e. The summed E-state index contributed by atoms with van der Waals surface area (Å²) in [7, 11) is 2.13. The van der Waals surface area contributed by atoms with Crippen molar-refractivity contribution < 1.29 is 0 Å². The molecule has 0 heterocycles. The quantitative estimate of drug-likeness (QED) is 0.592. The second-order valence-corrected chi connectivity index (χ2v) is 5.28. The van der Waals surface area contributed by atoms with E-state index >= 15 is 0 Å². The third-order valence-electron chi connectivity index (χ3n) is 2.82. The third-order valence-corrected chi connectivity index (χ3v) is 2.82. The predicted octanol–water partition coefficient (Wildman–Crippen LogP) is 2.08. The lowest BCUT2D eigenvalue weighted by atomic mass is 10.2. The molecule has 1 aromatic carbocycles. The van der Waals surface area contributed by atoms with Gasteiger partial charge in [0.25, 0.3) is 0 Å². The molecule has 0 atom stereocenters. The van der Waals surface area contributed by atoms with E-state index in [1.54, 1.807) is 0 Å². The molecule has 0 saturated heterocycles. The van der Waals surface area contributed by atoms with Crippen molar-refractivity contribution in [1.82, 2.24) is 15.5 Å². The molecular weight excluding hydrogens is 248 g/mol. The second kappa shape index (κ2) is 9.37. The molecule has 0 radical (unpaired) electrons. The number of guanidine groups is 1. The van der Waals surface area contributed by atoms with Crippen LogP contribution in [0.3, 0.4) is 0 Å². The van der Waals surface area contributed by atoms with Gasteiger partial charge in [0.2, 0.25) is 0 Å². The van der Waals surface area contributed by atoms with Gasteiger partial charge in [-0.15, -0.1) is 0 Å². The van der Waals surface area contributed by atoms with Crippen LogP contribution in [0.15, 0.2) is 35.3 Å². The van der Waals surface area contributed by atoms with Crippen LogP contribution in [0.5, 0.6) is 0 Å². The van der Waals surface area contributed by atoms with Crippen molar-refractivity contribution >= 4 is 5.96 Å². The molecule has 1 aromatic rings. The first-order valence-electron chi connectivity index (χ1n) is 7.39. The first kappa shape index (κ1) is 16.5. The van der Waals surface area contributed by atoms with Crippen molar-refractivity contribution in [2.75, 3.05) is 26.7 Å². The number of aliphatic imine (C=N–C) groups is 1. The number of benzene rings is 1. The Labute approximate surface area is 123 Å². The number of hydrogen-bond acceptors (Lipinski definition) is 2. The Morgan fingerprint density at radius 3 is 2.55 bits per heavy atom. The highest BCUT2D eigenvalue weighted by Crippen LogP contribution is 2.01. The summed E-state index contributed by atoms with van der Waals surface area (Å²) >= 11 is 0. The van der Waals surface area contributed by atoms with Crippen molar-refractivity contribution in [3.05, 3.63) is 35.9 Å². The Bertz CT molecular complexity index is 387. The average Bonchev–Trinajstić information content (AvgIpc) is 2.39. The second-order valence-electron chi connectivity index (χ2n) is 5.28.